The Morgan fingerprint density at radius 3 is 2.89 bits per heavy atom. The summed E-state index contributed by atoms with van der Waals surface area (Å²) in [7, 11) is 0. The van der Waals surface area contributed by atoms with Crippen LogP contribution in [0, 0.1) is 17.8 Å². The molecule has 1 aromatic rings. The van der Waals surface area contributed by atoms with Crippen molar-refractivity contribution in [3.63, 3.8) is 0 Å². The maximum absolute atomic E-state index is 5.57. The Kier molecular flexibility index (Phi) is 2.87. The summed E-state index contributed by atoms with van der Waals surface area (Å²) in [5.74, 6) is 4.75. The molecule has 0 radical (unpaired) electrons. The van der Waals surface area contributed by atoms with Gasteiger partial charge in [-0.2, -0.15) is 4.98 Å². The van der Waals surface area contributed by atoms with Crippen molar-refractivity contribution in [1.82, 2.24) is 15.5 Å². The standard InChI is InChI=1S/C15H23N3O/c1-9-3-2-6-16-13(9)15-17-14(18-19-15)12-8-10-4-5-11(12)7-10/h9-13,16H,2-8H2,1H3. The van der Waals surface area contributed by atoms with Crippen LogP contribution in [0.4, 0.5) is 0 Å². The summed E-state index contributed by atoms with van der Waals surface area (Å²) >= 11 is 0. The summed E-state index contributed by atoms with van der Waals surface area (Å²) in [6.07, 6.45) is 7.99. The van der Waals surface area contributed by atoms with Crippen molar-refractivity contribution in [1.29, 1.82) is 0 Å². The van der Waals surface area contributed by atoms with Gasteiger partial charge in [0.15, 0.2) is 5.82 Å². The third-order valence-electron chi connectivity index (χ3n) is 5.56. The fourth-order valence-corrected chi connectivity index (χ4v) is 4.47. The second-order valence-electron chi connectivity index (χ2n) is 6.82. The highest BCUT2D eigenvalue weighted by molar-refractivity contribution is 5.08. The number of nitrogens with zero attached hydrogens (tertiary/aromatic N) is 2. The van der Waals surface area contributed by atoms with Crippen molar-refractivity contribution >= 4 is 0 Å². The van der Waals surface area contributed by atoms with E-state index in [-0.39, 0.29) is 6.04 Å². The van der Waals surface area contributed by atoms with Crippen molar-refractivity contribution < 1.29 is 4.52 Å². The van der Waals surface area contributed by atoms with Crippen LogP contribution in [0.3, 0.4) is 0 Å². The van der Waals surface area contributed by atoms with E-state index in [1.807, 2.05) is 0 Å². The zero-order valence-electron chi connectivity index (χ0n) is 11.6. The van der Waals surface area contributed by atoms with Gasteiger partial charge < -0.3 is 9.84 Å². The first-order chi connectivity index (χ1) is 9.31. The molecule has 1 aliphatic heterocycles. The maximum atomic E-state index is 5.57. The van der Waals surface area contributed by atoms with Crippen molar-refractivity contribution in [2.24, 2.45) is 17.8 Å². The Hall–Kier alpha value is -0.900. The molecule has 2 saturated carbocycles. The summed E-state index contributed by atoms with van der Waals surface area (Å²) in [6.45, 7) is 3.35. The minimum atomic E-state index is 0.272. The topological polar surface area (TPSA) is 51.0 Å². The molecule has 19 heavy (non-hydrogen) atoms. The number of aromatic nitrogens is 2. The lowest BCUT2D eigenvalue weighted by Crippen LogP contribution is -2.33. The molecule has 4 nitrogen and oxygen atoms in total. The molecule has 0 aromatic carbocycles. The van der Waals surface area contributed by atoms with E-state index in [9.17, 15) is 0 Å². The van der Waals surface area contributed by atoms with Gasteiger partial charge in [-0.3, -0.25) is 0 Å². The molecule has 3 fully saturated rings. The zero-order chi connectivity index (χ0) is 12.8. The average molecular weight is 261 g/mol. The van der Waals surface area contributed by atoms with Crippen LogP contribution in [-0.2, 0) is 0 Å². The summed E-state index contributed by atoms with van der Waals surface area (Å²) in [6, 6.07) is 0.272. The largest absolute Gasteiger partial charge is 0.338 e. The van der Waals surface area contributed by atoms with Gasteiger partial charge in [-0.15, -0.1) is 0 Å². The van der Waals surface area contributed by atoms with E-state index in [2.05, 4.69) is 17.4 Å². The molecule has 2 heterocycles. The third-order valence-corrected chi connectivity index (χ3v) is 5.56. The first-order valence-corrected chi connectivity index (χ1v) is 7.88. The SMILES string of the molecule is CC1CCCNC1c1nc(C2CC3CCC2C3)no1. The van der Waals surface area contributed by atoms with E-state index >= 15 is 0 Å². The number of hydrogen-bond donors (Lipinski definition) is 1. The lowest BCUT2D eigenvalue weighted by molar-refractivity contribution is 0.238. The van der Waals surface area contributed by atoms with Crippen LogP contribution < -0.4 is 5.32 Å². The molecular formula is C15H23N3O. The van der Waals surface area contributed by atoms with Gasteiger partial charge in [-0.25, -0.2) is 0 Å². The van der Waals surface area contributed by atoms with E-state index in [1.54, 1.807) is 0 Å². The second kappa shape index (κ2) is 4.58. The summed E-state index contributed by atoms with van der Waals surface area (Å²) < 4.78 is 5.57. The number of fused-ring (bicyclic) bond motifs is 2. The zero-order valence-corrected chi connectivity index (χ0v) is 11.6. The lowest BCUT2D eigenvalue weighted by Gasteiger charge is -2.26. The predicted octanol–water partition coefficient (Wildman–Crippen LogP) is 3.03. The normalized spacial score (nSPS) is 41.8. The smallest absolute Gasteiger partial charge is 0.244 e. The maximum Gasteiger partial charge on any atom is 0.244 e. The third kappa shape index (κ3) is 2.00. The van der Waals surface area contributed by atoms with Crippen molar-refractivity contribution in [3.8, 4) is 0 Å². The van der Waals surface area contributed by atoms with E-state index < -0.39 is 0 Å². The molecule has 4 rings (SSSR count). The summed E-state index contributed by atoms with van der Waals surface area (Å²) in [5, 5.41) is 7.83. The van der Waals surface area contributed by atoms with Crippen LogP contribution in [0.5, 0.6) is 0 Å². The van der Waals surface area contributed by atoms with Gasteiger partial charge in [-0.05, 0) is 56.4 Å². The van der Waals surface area contributed by atoms with Gasteiger partial charge in [0, 0.05) is 5.92 Å². The predicted molar refractivity (Wildman–Crippen MR) is 71.6 cm³/mol. The molecule has 1 saturated heterocycles. The molecule has 1 N–H and O–H groups in total. The Morgan fingerprint density at radius 1 is 1.21 bits per heavy atom. The van der Waals surface area contributed by atoms with E-state index in [1.165, 1.54) is 38.5 Å². The molecule has 5 atom stereocenters. The van der Waals surface area contributed by atoms with Crippen LogP contribution in [-0.4, -0.2) is 16.7 Å². The van der Waals surface area contributed by atoms with Crippen LogP contribution in [0.1, 0.15) is 69.1 Å². The molecular weight excluding hydrogens is 238 g/mol. The number of piperidine rings is 1. The highest BCUT2D eigenvalue weighted by Gasteiger charge is 2.42. The molecule has 2 aliphatic carbocycles. The van der Waals surface area contributed by atoms with Gasteiger partial charge >= 0.3 is 0 Å². The van der Waals surface area contributed by atoms with Gasteiger partial charge in [0.25, 0.3) is 0 Å². The number of rotatable bonds is 2. The van der Waals surface area contributed by atoms with Crippen LogP contribution >= 0.6 is 0 Å². The highest BCUT2D eigenvalue weighted by Crippen LogP contribution is 2.52. The molecule has 104 valence electrons. The molecule has 3 aliphatic rings. The van der Waals surface area contributed by atoms with Crippen LogP contribution in [0.15, 0.2) is 4.52 Å². The number of hydrogen-bond acceptors (Lipinski definition) is 4. The number of nitrogens with one attached hydrogen (secondary N) is 1. The van der Waals surface area contributed by atoms with E-state index in [0.29, 0.717) is 11.8 Å². The van der Waals surface area contributed by atoms with Crippen LogP contribution in [0.2, 0.25) is 0 Å². The lowest BCUT2D eigenvalue weighted by atomic mass is 9.88. The first kappa shape index (κ1) is 11.9. The summed E-state index contributed by atoms with van der Waals surface area (Å²) in [4.78, 5) is 4.74. The van der Waals surface area contributed by atoms with Gasteiger partial charge in [0.05, 0.1) is 6.04 Å². The van der Waals surface area contributed by atoms with Crippen LogP contribution in [0.25, 0.3) is 0 Å². The van der Waals surface area contributed by atoms with Gasteiger partial charge in [-0.1, -0.05) is 18.5 Å². The molecule has 1 aromatic heterocycles. The Morgan fingerprint density at radius 2 is 2.16 bits per heavy atom. The molecule has 2 bridgehead atoms. The molecule has 4 heteroatoms. The van der Waals surface area contributed by atoms with Gasteiger partial charge in [0.1, 0.15) is 0 Å². The van der Waals surface area contributed by atoms with Crippen molar-refractivity contribution in [3.05, 3.63) is 11.7 Å². The van der Waals surface area contributed by atoms with Crippen molar-refractivity contribution in [2.75, 3.05) is 6.54 Å². The highest BCUT2D eigenvalue weighted by atomic mass is 16.5. The minimum Gasteiger partial charge on any atom is -0.338 e. The Labute approximate surface area is 114 Å². The fourth-order valence-electron chi connectivity index (χ4n) is 4.47. The van der Waals surface area contributed by atoms with Crippen molar-refractivity contribution in [2.45, 2.75) is 57.4 Å². The molecule has 0 spiro atoms. The average Bonchev–Trinajstić information content (AvgIpc) is 3.15. The van der Waals surface area contributed by atoms with Gasteiger partial charge in [0.2, 0.25) is 5.89 Å². The minimum absolute atomic E-state index is 0.272. The molecule has 5 unspecified atom stereocenters. The summed E-state index contributed by atoms with van der Waals surface area (Å²) in [5.41, 5.74) is 0. The Balaban J connectivity index is 1.53. The van der Waals surface area contributed by atoms with E-state index in [4.69, 9.17) is 9.51 Å². The van der Waals surface area contributed by atoms with E-state index in [0.717, 1.165) is 30.1 Å². The monoisotopic (exact) mass is 261 g/mol. The Bertz CT molecular complexity index is 441. The second-order valence-corrected chi connectivity index (χ2v) is 6.82. The quantitative estimate of drug-likeness (QED) is 0.889. The first-order valence-electron chi connectivity index (χ1n) is 7.88. The molecule has 0 amide bonds. The fraction of sp³-hybridized carbons (Fsp3) is 0.867.